The Morgan fingerprint density at radius 1 is 1.07 bits per heavy atom. The lowest BCUT2D eigenvalue weighted by Gasteiger charge is -2.41. The van der Waals surface area contributed by atoms with Gasteiger partial charge in [-0.1, -0.05) is 30.3 Å². The molecule has 0 aliphatic carbocycles. The van der Waals surface area contributed by atoms with Crippen LogP contribution in [0.25, 0.3) is 0 Å². The number of piperazine rings is 1. The number of esters is 1. The van der Waals surface area contributed by atoms with Gasteiger partial charge in [0.2, 0.25) is 0 Å². The summed E-state index contributed by atoms with van der Waals surface area (Å²) in [6.45, 7) is 4.39. The van der Waals surface area contributed by atoms with Gasteiger partial charge in [-0.2, -0.15) is 13.2 Å². The Labute approximate surface area is 162 Å². The summed E-state index contributed by atoms with van der Waals surface area (Å²) in [6.07, 6.45) is -4.38. The van der Waals surface area contributed by atoms with Crippen molar-refractivity contribution in [3.05, 3.63) is 65.7 Å². The van der Waals surface area contributed by atoms with E-state index in [1.807, 2.05) is 35.2 Å². The van der Waals surface area contributed by atoms with Crippen LogP contribution in [-0.2, 0) is 22.3 Å². The highest BCUT2D eigenvalue weighted by Gasteiger charge is 2.35. The Kier molecular flexibility index (Phi) is 6.24. The first-order valence-electron chi connectivity index (χ1n) is 9.25. The second kappa shape index (κ2) is 8.65. The Balaban J connectivity index is 1.77. The maximum Gasteiger partial charge on any atom is 0.416 e. The molecule has 7 heteroatoms. The summed E-state index contributed by atoms with van der Waals surface area (Å²) in [5.41, 5.74) is 1.03. The number of halogens is 3. The number of hydrogen-bond donors (Lipinski definition) is 0. The molecule has 4 nitrogen and oxygen atoms in total. The topological polar surface area (TPSA) is 32.8 Å². The molecule has 0 saturated carbocycles. The van der Waals surface area contributed by atoms with Crippen LogP contribution in [0, 0.1) is 0 Å². The minimum absolute atomic E-state index is 0.259. The Morgan fingerprint density at radius 2 is 1.75 bits per heavy atom. The highest BCUT2D eigenvalue weighted by Crippen LogP contribution is 2.31. The minimum Gasteiger partial charge on any atom is -0.464 e. The van der Waals surface area contributed by atoms with Crippen LogP contribution < -0.4 is 4.90 Å². The van der Waals surface area contributed by atoms with Gasteiger partial charge >= 0.3 is 12.1 Å². The van der Waals surface area contributed by atoms with Gasteiger partial charge in [-0.05, 0) is 36.8 Å². The van der Waals surface area contributed by atoms with Crippen molar-refractivity contribution < 1.29 is 22.7 Å². The molecule has 28 heavy (non-hydrogen) atoms. The zero-order valence-electron chi connectivity index (χ0n) is 15.7. The number of ether oxygens (including phenoxy) is 1. The van der Waals surface area contributed by atoms with Gasteiger partial charge in [0.15, 0.2) is 0 Å². The van der Waals surface area contributed by atoms with E-state index in [1.54, 1.807) is 6.92 Å². The molecule has 1 fully saturated rings. The summed E-state index contributed by atoms with van der Waals surface area (Å²) in [6, 6.07) is 14.3. The molecule has 2 aromatic carbocycles. The van der Waals surface area contributed by atoms with Crippen molar-refractivity contribution in [2.45, 2.75) is 25.7 Å². The average Bonchev–Trinajstić information content (AvgIpc) is 2.68. The first-order valence-corrected chi connectivity index (χ1v) is 9.25. The lowest BCUT2D eigenvalue weighted by Crippen LogP contribution is -2.56. The van der Waals surface area contributed by atoms with Gasteiger partial charge < -0.3 is 9.64 Å². The number of rotatable bonds is 5. The monoisotopic (exact) mass is 392 g/mol. The smallest absolute Gasteiger partial charge is 0.416 e. The van der Waals surface area contributed by atoms with Gasteiger partial charge in [0, 0.05) is 31.9 Å². The van der Waals surface area contributed by atoms with E-state index in [9.17, 15) is 18.0 Å². The average molecular weight is 392 g/mol. The van der Waals surface area contributed by atoms with Gasteiger partial charge in [0.1, 0.15) is 6.04 Å². The summed E-state index contributed by atoms with van der Waals surface area (Å²) >= 11 is 0. The Morgan fingerprint density at radius 3 is 2.36 bits per heavy atom. The Hall–Kier alpha value is -2.54. The van der Waals surface area contributed by atoms with Gasteiger partial charge in [-0.3, -0.25) is 4.90 Å². The van der Waals surface area contributed by atoms with E-state index in [-0.39, 0.29) is 12.6 Å². The molecule has 0 bridgehead atoms. The molecule has 2 aromatic rings. The minimum atomic E-state index is -4.38. The van der Waals surface area contributed by atoms with E-state index in [1.165, 1.54) is 12.1 Å². The number of benzene rings is 2. The first-order chi connectivity index (χ1) is 13.4. The van der Waals surface area contributed by atoms with Crippen LogP contribution >= 0.6 is 0 Å². The number of nitrogens with zero attached hydrogens (tertiary/aromatic N) is 2. The predicted molar refractivity (Wildman–Crippen MR) is 101 cm³/mol. The third-order valence-electron chi connectivity index (χ3n) is 4.80. The molecule has 0 amide bonds. The van der Waals surface area contributed by atoms with Gasteiger partial charge in [-0.15, -0.1) is 0 Å². The number of hydrogen-bond acceptors (Lipinski definition) is 4. The molecule has 1 aliphatic rings. The standard InChI is InChI=1S/C21H23F3N2O2/c1-2-28-20(27)19-15-25(14-16-6-4-3-5-7-16)12-13-26(19)18-10-8-17(9-11-18)21(22,23)24/h3-11,19H,2,12-15H2,1H3. The highest BCUT2D eigenvalue weighted by molar-refractivity contribution is 5.80. The van der Waals surface area contributed by atoms with E-state index < -0.39 is 17.8 Å². The van der Waals surface area contributed by atoms with Crippen molar-refractivity contribution in [2.24, 2.45) is 0 Å². The number of anilines is 1. The molecule has 150 valence electrons. The number of carbonyl (C=O) groups is 1. The quantitative estimate of drug-likeness (QED) is 0.722. The summed E-state index contributed by atoms with van der Waals surface area (Å²) in [5, 5.41) is 0. The lowest BCUT2D eigenvalue weighted by molar-refractivity contribution is -0.146. The fourth-order valence-corrected chi connectivity index (χ4v) is 3.42. The largest absolute Gasteiger partial charge is 0.464 e. The third-order valence-corrected chi connectivity index (χ3v) is 4.80. The van der Waals surface area contributed by atoms with E-state index in [4.69, 9.17) is 4.74 Å². The van der Waals surface area contributed by atoms with E-state index in [2.05, 4.69) is 4.90 Å². The molecule has 0 spiro atoms. The molecule has 1 saturated heterocycles. The van der Waals surface area contributed by atoms with Gasteiger partial charge in [0.05, 0.1) is 12.2 Å². The molecule has 0 N–H and O–H groups in total. The van der Waals surface area contributed by atoms with Crippen LogP contribution in [0.2, 0.25) is 0 Å². The molecule has 1 heterocycles. The van der Waals surface area contributed by atoms with Crippen LogP contribution in [-0.4, -0.2) is 43.2 Å². The predicted octanol–water partition coefficient (Wildman–Crippen LogP) is 3.96. The zero-order valence-corrected chi connectivity index (χ0v) is 15.7. The van der Waals surface area contributed by atoms with Crippen molar-refractivity contribution in [1.29, 1.82) is 0 Å². The molecule has 3 rings (SSSR count). The van der Waals surface area contributed by atoms with Crippen molar-refractivity contribution in [1.82, 2.24) is 4.90 Å². The molecule has 0 radical (unpaired) electrons. The van der Waals surface area contributed by atoms with Crippen LogP contribution in [0.15, 0.2) is 54.6 Å². The second-order valence-corrected chi connectivity index (χ2v) is 6.73. The van der Waals surface area contributed by atoms with E-state index in [0.29, 0.717) is 31.9 Å². The van der Waals surface area contributed by atoms with Gasteiger partial charge in [-0.25, -0.2) is 4.79 Å². The summed E-state index contributed by atoms with van der Waals surface area (Å²) in [7, 11) is 0. The lowest BCUT2D eigenvalue weighted by atomic mass is 10.1. The summed E-state index contributed by atoms with van der Waals surface area (Å²) < 4.78 is 43.7. The fraction of sp³-hybridized carbons (Fsp3) is 0.381. The maximum absolute atomic E-state index is 12.8. The van der Waals surface area contributed by atoms with Crippen molar-refractivity contribution in [3.63, 3.8) is 0 Å². The molecule has 0 aromatic heterocycles. The highest BCUT2D eigenvalue weighted by atomic mass is 19.4. The SMILES string of the molecule is CCOC(=O)C1CN(Cc2ccccc2)CCN1c1ccc(C(F)(F)F)cc1. The first kappa shape index (κ1) is 20.2. The number of alkyl halides is 3. The van der Waals surface area contributed by atoms with Crippen molar-refractivity contribution in [2.75, 3.05) is 31.1 Å². The van der Waals surface area contributed by atoms with Crippen LogP contribution in [0.1, 0.15) is 18.1 Å². The molecular formula is C21H23F3N2O2. The van der Waals surface area contributed by atoms with Crippen molar-refractivity contribution in [3.8, 4) is 0 Å². The fourth-order valence-electron chi connectivity index (χ4n) is 3.42. The summed E-state index contributed by atoms with van der Waals surface area (Å²) in [4.78, 5) is 16.5. The maximum atomic E-state index is 12.8. The van der Waals surface area contributed by atoms with Gasteiger partial charge in [0.25, 0.3) is 0 Å². The second-order valence-electron chi connectivity index (χ2n) is 6.73. The normalized spacial score (nSPS) is 18.1. The van der Waals surface area contributed by atoms with E-state index in [0.717, 1.165) is 17.7 Å². The summed E-state index contributed by atoms with van der Waals surface area (Å²) in [5.74, 6) is -0.361. The van der Waals surface area contributed by atoms with E-state index >= 15 is 0 Å². The van der Waals surface area contributed by atoms with Crippen LogP contribution in [0.5, 0.6) is 0 Å². The zero-order chi connectivity index (χ0) is 20.1. The van der Waals surface area contributed by atoms with Crippen LogP contribution in [0.3, 0.4) is 0 Å². The van der Waals surface area contributed by atoms with Crippen molar-refractivity contribution >= 4 is 11.7 Å². The van der Waals surface area contributed by atoms with Crippen LogP contribution in [0.4, 0.5) is 18.9 Å². The molecule has 1 atom stereocenters. The molecule has 1 unspecified atom stereocenters. The number of carbonyl (C=O) groups excluding carboxylic acids is 1. The Bertz CT molecular complexity index is 778. The third kappa shape index (κ3) is 4.84. The molecule has 1 aliphatic heterocycles. The molecular weight excluding hydrogens is 369 g/mol.